The molecule has 6 nitrogen and oxygen atoms in total. The zero-order chi connectivity index (χ0) is 20.9. The van der Waals surface area contributed by atoms with Crippen molar-refractivity contribution in [3.05, 3.63) is 46.8 Å². The molecule has 29 heavy (non-hydrogen) atoms. The van der Waals surface area contributed by atoms with Crippen molar-refractivity contribution in [3.8, 4) is 5.69 Å². The maximum Gasteiger partial charge on any atom is 0.416 e. The zero-order valence-corrected chi connectivity index (χ0v) is 19.4. The third-order valence-electron chi connectivity index (χ3n) is 4.12. The molecule has 2 rings (SSSR count). The van der Waals surface area contributed by atoms with Gasteiger partial charge >= 0.3 is 6.18 Å². The minimum atomic E-state index is -4.48. The number of benzene rings is 1. The van der Waals surface area contributed by atoms with Crippen molar-refractivity contribution < 1.29 is 17.9 Å². The Balaban J connectivity index is 0.00000420. The van der Waals surface area contributed by atoms with E-state index >= 15 is 0 Å². The summed E-state index contributed by atoms with van der Waals surface area (Å²) in [5.74, 6) is 0.403. The highest BCUT2D eigenvalue weighted by atomic mass is 127. The van der Waals surface area contributed by atoms with Crippen molar-refractivity contribution >= 4 is 29.9 Å². The first-order valence-corrected chi connectivity index (χ1v) is 8.85. The van der Waals surface area contributed by atoms with E-state index in [0.717, 1.165) is 17.5 Å². The van der Waals surface area contributed by atoms with Gasteiger partial charge in [0.1, 0.15) is 0 Å². The molecular weight excluding hydrogens is 498 g/mol. The van der Waals surface area contributed by atoms with E-state index in [1.54, 1.807) is 34.1 Å². The molecule has 0 aliphatic carbocycles. The lowest BCUT2D eigenvalue weighted by Crippen LogP contribution is -2.43. The van der Waals surface area contributed by atoms with Gasteiger partial charge in [-0.1, -0.05) is 6.07 Å². The molecule has 1 unspecified atom stereocenters. The molecule has 0 aliphatic rings. The second kappa shape index (κ2) is 10.8. The van der Waals surface area contributed by atoms with Crippen LogP contribution in [-0.4, -0.2) is 42.5 Å². The highest BCUT2D eigenvalue weighted by Gasteiger charge is 2.34. The first-order chi connectivity index (χ1) is 13.2. The number of guanidine groups is 1. The van der Waals surface area contributed by atoms with Gasteiger partial charge in [0.25, 0.3) is 0 Å². The SMILES string of the molecule is CN=C(NCc1ccc(-n2nc(C)cc2C)cc1C(F)(F)F)NC(C)COC.I. The maximum absolute atomic E-state index is 13.6. The molecular formula is C19H27F3IN5O. The fourth-order valence-electron chi connectivity index (χ4n) is 2.90. The molecule has 2 aromatic rings. The topological polar surface area (TPSA) is 63.5 Å². The van der Waals surface area contributed by atoms with E-state index in [1.807, 2.05) is 13.0 Å². The molecule has 0 aliphatic heterocycles. The van der Waals surface area contributed by atoms with Crippen LogP contribution >= 0.6 is 24.0 Å². The average molecular weight is 525 g/mol. The summed E-state index contributed by atoms with van der Waals surface area (Å²) >= 11 is 0. The van der Waals surface area contributed by atoms with Crippen molar-refractivity contribution in [1.29, 1.82) is 0 Å². The first kappa shape index (κ1) is 25.2. The molecule has 1 aromatic heterocycles. The molecule has 10 heteroatoms. The number of nitrogens with zero attached hydrogens (tertiary/aromatic N) is 3. The molecule has 1 aromatic carbocycles. The van der Waals surface area contributed by atoms with Gasteiger partial charge in [-0.3, -0.25) is 4.99 Å². The molecule has 162 valence electrons. The Hall–Kier alpha value is -1.82. The summed E-state index contributed by atoms with van der Waals surface area (Å²) in [6, 6.07) is 6.01. The van der Waals surface area contributed by atoms with Gasteiger partial charge < -0.3 is 15.4 Å². The van der Waals surface area contributed by atoms with E-state index in [4.69, 9.17) is 4.74 Å². The number of methoxy groups -OCH3 is 1. The monoisotopic (exact) mass is 525 g/mol. The van der Waals surface area contributed by atoms with Crippen molar-refractivity contribution in [2.75, 3.05) is 20.8 Å². The minimum Gasteiger partial charge on any atom is -0.383 e. The Kier molecular flexibility index (Phi) is 9.40. The third-order valence-corrected chi connectivity index (χ3v) is 4.12. The standard InChI is InChI=1S/C19H26F3N5O.HI/c1-12-8-14(3)27(26-12)16-7-6-15(17(9-16)19(20,21)22)10-24-18(23-4)25-13(2)11-28-5;/h6-9,13H,10-11H2,1-5H3,(H2,23,24,25);1H. The van der Waals surface area contributed by atoms with Crippen LogP contribution in [0.25, 0.3) is 5.69 Å². The minimum absolute atomic E-state index is 0. The zero-order valence-electron chi connectivity index (χ0n) is 17.1. The van der Waals surface area contributed by atoms with Crippen LogP contribution in [0.15, 0.2) is 29.3 Å². The number of halogens is 4. The third kappa shape index (κ3) is 6.88. The van der Waals surface area contributed by atoms with Gasteiger partial charge in [-0.05, 0) is 44.5 Å². The lowest BCUT2D eigenvalue weighted by atomic mass is 10.1. The van der Waals surface area contributed by atoms with Gasteiger partial charge in [-0.2, -0.15) is 18.3 Å². The lowest BCUT2D eigenvalue weighted by molar-refractivity contribution is -0.138. The van der Waals surface area contributed by atoms with Crippen LogP contribution in [0.2, 0.25) is 0 Å². The predicted octanol–water partition coefficient (Wildman–Crippen LogP) is 3.83. The van der Waals surface area contributed by atoms with Crippen LogP contribution in [-0.2, 0) is 17.5 Å². The molecule has 0 spiro atoms. The second-order valence-electron chi connectivity index (χ2n) is 6.60. The number of hydrogen-bond acceptors (Lipinski definition) is 3. The normalized spacial score (nSPS) is 13.0. The van der Waals surface area contributed by atoms with Crippen LogP contribution in [0.1, 0.15) is 29.4 Å². The second-order valence-corrected chi connectivity index (χ2v) is 6.60. The van der Waals surface area contributed by atoms with E-state index in [9.17, 15) is 13.2 Å². The maximum atomic E-state index is 13.6. The van der Waals surface area contributed by atoms with Crippen LogP contribution in [0.3, 0.4) is 0 Å². The fourth-order valence-corrected chi connectivity index (χ4v) is 2.90. The Morgan fingerprint density at radius 3 is 2.48 bits per heavy atom. The van der Waals surface area contributed by atoms with E-state index in [-0.39, 0.29) is 42.1 Å². The van der Waals surface area contributed by atoms with Gasteiger partial charge in [-0.25, -0.2) is 4.68 Å². The van der Waals surface area contributed by atoms with Crippen LogP contribution in [0.5, 0.6) is 0 Å². The van der Waals surface area contributed by atoms with E-state index in [2.05, 4.69) is 20.7 Å². The van der Waals surface area contributed by atoms with Crippen molar-refractivity contribution in [3.63, 3.8) is 0 Å². The number of ether oxygens (including phenoxy) is 1. The van der Waals surface area contributed by atoms with Gasteiger partial charge in [0.2, 0.25) is 0 Å². The van der Waals surface area contributed by atoms with Gasteiger partial charge in [0, 0.05) is 32.4 Å². The molecule has 0 amide bonds. The Labute approximate surface area is 185 Å². The predicted molar refractivity (Wildman–Crippen MR) is 118 cm³/mol. The van der Waals surface area contributed by atoms with Crippen molar-refractivity contribution in [2.45, 2.75) is 39.5 Å². The quantitative estimate of drug-likeness (QED) is 0.342. The molecule has 0 saturated heterocycles. The number of nitrogens with one attached hydrogen (secondary N) is 2. The number of alkyl halides is 3. The summed E-state index contributed by atoms with van der Waals surface area (Å²) in [7, 11) is 3.14. The lowest BCUT2D eigenvalue weighted by Gasteiger charge is -2.19. The molecule has 0 fully saturated rings. The highest BCUT2D eigenvalue weighted by molar-refractivity contribution is 14.0. The molecule has 0 saturated carbocycles. The number of aryl methyl sites for hydroxylation is 2. The van der Waals surface area contributed by atoms with E-state index in [1.165, 1.54) is 10.7 Å². The average Bonchev–Trinajstić information content (AvgIpc) is 2.96. The van der Waals surface area contributed by atoms with Crippen molar-refractivity contribution in [1.82, 2.24) is 20.4 Å². The Bertz CT molecular complexity index is 836. The van der Waals surface area contributed by atoms with Crippen LogP contribution in [0, 0.1) is 13.8 Å². The van der Waals surface area contributed by atoms with Crippen LogP contribution in [0.4, 0.5) is 13.2 Å². The van der Waals surface area contributed by atoms with Gasteiger partial charge in [0.05, 0.1) is 23.6 Å². The largest absolute Gasteiger partial charge is 0.416 e. The summed E-state index contributed by atoms with van der Waals surface area (Å²) in [6.45, 7) is 5.92. The van der Waals surface area contributed by atoms with Gasteiger partial charge in [-0.15, -0.1) is 24.0 Å². The summed E-state index contributed by atoms with van der Waals surface area (Å²) in [6.07, 6.45) is -4.48. The van der Waals surface area contributed by atoms with E-state index in [0.29, 0.717) is 18.3 Å². The molecule has 1 heterocycles. The van der Waals surface area contributed by atoms with Crippen LogP contribution < -0.4 is 10.6 Å². The summed E-state index contributed by atoms with van der Waals surface area (Å²) < 4.78 is 47.5. The Morgan fingerprint density at radius 2 is 1.97 bits per heavy atom. The summed E-state index contributed by atoms with van der Waals surface area (Å²) in [5, 5.41) is 10.2. The molecule has 0 radical (unpaired) electrons. The Morgan fingerprint density at radius 1 is 1.28 bits per heavy atom. The van der Waals surface area contributed by atoms with Crippen molar-refractivity contribution in [2.24, 2.45) is 4.99 Å². The summed E-state index contributed by atoms with van der Waals surface area (Å²) in [4.78, 5) is 4.04. The van der Waals surface area contributed by atoms with Gasteiger partial charge in [0.15, 0.2) is 5.96 Å². The number of hydrogen-bond donors (Lipinski definition) is 2. The number of rotatable bonds is 6. The smallest absolute Gasteiger partial charge is 0.383 e. The summed E-state index contributed by atoms with van der Waals surface area (Å²) in [5.41, 5.74) is 1.31. The number of aliphatic imine (C=N–C) groups is 1. The molecule has 2 N–H and O–H groups in total. The first-order valence-electron chi connectivity index (χ1n) is 8.85. The molecule has 1 atom stereocenters. The van der Waals surface area contributed by atoms with E-state index < -0.39 is 11.7 Å². The number of aromatic nitrogens is 2. The molecule has 0 bridgehead atoms. The highest BCUT2D eigenvalue weighted by Crippen LogP contribution is 2.33. The fraction of sp³-hybridized carbons (Fsp3) is 0.474.